The SMILES string of the molecule is CC(C)CC1CN(C)CCN1C(=O)Nc1ccn(CCN(C)C)n1. The fraction of sp³-hybridized carbons (Fsp3) is 0.765. The standard InChI is InChI=1S/C17H32N6O/c1-14(2)12-15-13-21(5)9-11-23(15)17(24)18-16-6-7-22(19-16)10-8-20(3)4/h6-7,14-15H,8-13H2,1-5H3,(H,18,19,24). The molecule has 1 atom stereocenters. The fourth-order valence-electron chi connectivity index (χ4n) is 3.06. The highest BCUT2D eigenvalue weighted by Gasteiger charge is 2.29. The van der Waals surface area contributed by atoms with Gasteiger partial charge < -0.3 is 14.7 Å². The van der Waals surface area contributed by atoms with Crippen LogP contribution in [0.4, 0.5) is 10.6 Å². The Hall–Kier alpha value is -1.60. The zero-order valence-electron chi connectivity index (χ0n) is 15.7. The summed E-state index contributed by atoms with van der Waals surface area (Å²) in [7, 11) is 6.19. The van der Waals surface area contributed by atoms with Gasteiger partial charge in [-0.25, -0.2) is 4.79 Å². The number of aromatic nitrogens is 2. The van der Waals surface area contributed by atoms with Gasteiger partial charge >= 0.3 is 6.03 Å². The van der Waals surface area contributed by atoms with Crippen molar-refractivity contribution in [2.75, 3.05) is 52.6 Å². The average Bonchev–Trinajstić information content (AvgIpc) is 2.92. The first-order chi connectivity index (χ1) is 11.3. The Morgan fingerprint density at radius 1 is 1.42 bits per heavy atom. The molecule has 0 bridgehead atoms. The Kier molecular flexibility index (Phi) is 6.62. The van der Waals surface area contributed by atoms with Gasteiger partial charge in [-0.3, -0.25) is 10.00 Å². The number of urea groups is 1. The zero-order chi connectivity index (χ0) is 17.7. The molecule has 0 radical (unpaired) electrons. The van der Waals surface area contributed by atoms with E-state index < -0.39 is 0 Å². The summed E-state index contributed by atoms with van der Waals surface area (Å²) in [5.74, 6) is 1.20. The molecule has 7 heteroatoms. The maximum absolute atomic E-state index is 12.7. The van der Waals surface area contributed by atoms with Crippen LogP contribution in [-0.4, -0.2) is 83.9 Å². The lowest BCUT2D eigenvalue weighted by Gasteiger charge is -2.40. The summed E-state index contributed by atoms with van der Waals surface area (Å²) in [6.45, 7) is 8.76. The minimum absolute atomic E-state index is 0.0355. The average molecular weight is 336 g/mol. The van der Waals surface area contributed by atoms with E-state index in [0.717, 1.165) is 39.1 Å². The molecule has 1 N–H and O–H groups in total. The summed E-state index contributed by atoms with van der Waals surface area (Å²) >= 11 is 0. The molecule has 1 fully saturated rings. The van der Waals surface area contributed by atoms with Gasteiger partial charge in [0.05, 0.1) is 6.54 Å². The van der Waals surface area contributed by atoms with Gasteiger partial charge in [0, 0.05) is 44.5 Å². The fourth-order valence-corrected chi connectivity index (χ4v) is 3.06. The highest BCUT2D eigenvalue weighted by molar-refractivity contribution is 5.88. The second-order valence-corrected chi connectivity index (χ2v) is 7.44. The molecule has 0 saturated carbocycles. The predicted molar refractivity (Wildman–Crippen MR) is 97.2 cm³/mol. The van der Waals surface area contributed by atoms with Crippen molar-refractivity contribution < 1.29 is 4.79 Å². The van der Waals surface area contributed by atoms with Gasteiger partial charge in [-0.1, -0.05) is 13.8 Å². The number of hydrogen-bond acceptors (Lipinski definition) is 4. The first-order valence-corrected chi connectivity index (χ1v) is 8.79. The van der Waals surface area contributed by atoms with Crippen LogP contribution in [0.2, 0.25) is 0 Å². The molecule has 0 aromatic carbocycles. The minimum Gasteiger partial charge on any atom is -0.319 e. The Morgan fingerprint density at radius 2 is 2.17 bits per heavy atom. The van der Waals surface area contributed by atoms with Crippen LogP contribution < -0.4 is 5.32 Å². The van der Waals surface area contributed by atoms with Gasteiger partial charge in [0.1, 0.15) is 0 Å². The van der Waals surface area contributed by atoms with Crippen LogP contribution in [0.5, 0.6) is 0 Å². The third kappa shape index (κ3) is 5.49. The Balaban J connectivity index is 1.94. The first kappa shape index (κ1) is 18.7. The highest BCUT2D eigenvalue weighted by Crippen LogP contribution is 2.18. The molecule has 1 aromatic rings. The summed E-state index contributed by atoms with van der Waals surface area (Å²) in [4.78, 5) is 19.1. The zero-order valence-corrected chi connectivity index (χ0v) is 15.7. The number of piperazine rings is 1. The van der Waals surface area contributed by atoms with Crippen LogP contribution in [0.15, 0.2) is 12.3 Å². The molecule has 1 aliphatic heterocycles. The molecule has 1 unspecified atom stereocenters. The lowest BCUT2D eigenvalue weighted by atomic mass is 10.0. The maximum Gasteiger partial charge on any atom is 0.323 e. The number of rotatable bonds is 6. The molecule has 7 nitrogen and oxygen atoms in total. The largest absolute Gasteiger partial charge is 0.323 e. The summed E-state index contributed by atoms with van der Waals surface area (Å²) in [6, 6.07) is 2.09. The minimum atomic E-state index is -0.0355. The molecule has 24 heavy (non-hydrogen) atoms. The van der Waals surface area contributed by atoms with Crippen molar-refractivity contribution in [1.29, 1.82) is 0 Å². The molecular formula is C17H32N6O. The maximum atomic E-state index is 12.7. The van der Waals surface area contributed by atoms with Crippen LogP contribution >= 0.6 is 0 Å². The number of carbonyl (C=O) groups is 1. The molecule has 1 aliphatic rings. The quantitative estimate of drug-likeness (QED) is 0.858. The smallest absolute Gasteiger partial charge is 0.319 e. The van der Waals surface area contributed by atoms with Gasteiger partial charge in [0.2, 0.25) is 0 Å². The number of hydrogen-bond donors (Lipinski definition) is 1. The van der Waals surface area contributed by atoms with Gasteiger partial charge in [-0.2, -0.15) is 5.10 Å². The van der Waals surface area contributed by atoms with Crippen molar-refractivity contribution in [2.45, 2.75) is 32.9 Å². The van der Waals surface area contributed by atoms with Gasteiger partial charge in [0.15, 0.2) is 5.82 Å². The van der Waals surface area contributed by atoms with E-state index in [-0.39, 0.29) is 12.1 Å². The molecule has 1 saturated heterocycles. The van der Waals surface area contributed by atoms with E-state index in [1.807, 2.05) is 35.9 Å². The normalized spacial score (nSPS) is 19.3. The van der Waals surface area contributed by atoms with Gasteiger partial charge in [0.25, 0.3) is 0 Å². The number of nitrogens with zero attached hydrogens (tertiary/aromatic N) is 5. The second-order valence-electron chi connectivity index (χ2n) is 7.44. The third-order valence-electron chi connectivity index (χ3n) is 4.34. The molecule has 2 rings (SSSR count). The summed E-state index contributed by atoms with van der Waals surface area (Å²) < 4.78 is 1.87. The molecular weight excluding hydrogens is 304 g/mol. The van der Waals surface area contributed by atoms with Gasteiger partial charge in [-0.05, 0) is 33.5 Å². The van der Waals surface area contributed by atoms with Crippen molar-refractivity contribution in [3.63, 3.8) is 0 Å². The van der Waals surface area contributed by atoms with Crippen molar-refractivity contribution in [3.8, 4) is 0 Å². The number of amides is 2. The first-order valence-electron chi connectivity index (χ1n) is 8.79. The Morgan fingerprint density at radius 3 is 2.83 bits per heavy atom. The van der Waals surface area contributed by atoms with Crippen molar-refractivity contribution in [3.05, 3.63) is 12.3 Å². The van der Waals surface area contributed by atoms with E-state index in [1.165, 1.54) is 0 Å². The molecule has 0 aliphatic carbocycles. The van der Waals surface area contributed by atoms with Crippen LogP contribution in [-0.2, 0) is 6.54 Å². The lowest BCUT2D eigenvalue weighted by Crippen LogP contribution is -2.55. The summed E-state index contributed by atoms with van der Waals surface area (Å²) in [6.07, 6.45) is 2.93. The van der Waals surface area contributed by atoms with Crippen LogP contribution in [0.25, 0.3) is 0 Å². The Labute approximate surface area is 145 Å². The van der Waals surface area contributed by atoms with Crippen molar-refractivity contribution >= 4 is 11.8 Å². The number of nitrogens with one attached hydrogen (secondary N) is 1. The van der Waals surface area contributed by atoms with E-state index >= 15 is 0 Å². The highest BCUT2D eigenvalue weighted by atomic mass is 16.2. The van der Waals surface area contributed by atoms with Crippen molar-refractivity contribution in [1.82, 2.24) is 24.5 Å². The van der Waals surface area contributed by atoms with E-state index in [9.17, 15) is 4.79 Å². The lowest BCUT2D eigenvalue weighted by molar-refractivity contribution is 0.105. The molecule has 2 amide bonds. The second kappa shape index (κ2) is 8.48. The topological polar surface area (TPSA) is 56.6 Å². The monoisotopic (exact) mass is 336 g/mol. The molecule has 136 valence electrons. The van der Waals surface area contributed by atoms with Crippen LogP contribution in [0.1, 0.15) is 20.3 Å². The van der Waals surface area contributed by atoms with E-state index in [0.29, 0.717) is 11.7 Å². The van der Waals surface area contributed by atoms with Crippen LogP contribution in [0.3, 0.4) is 0 Å². The third-order valence-corrected chi connectivity index (χ3v) is 4.34. The van der Waals surface area contributed by atoms with E-state index in [4.69, 9.17) is 0 Å². The van der Waals surface area contributed by atoms with Crippen molar-refractivity contribution in [2.24, 2.45) is 5.92 Å². The number of carbonyl (C=O) groups excluding carboxylic acids is 1. The molecule has 1 aromatic heterocycles. The molecule has 0 spiro atoms. The molecule has 2 heterocycles. The number of anilines is 1. The Bertz CT molecular complexity index is 525. The van der Waals surface area contributed by atoms with Crippen LogP contribution in [0, 0.1) is 5.92 Å². The van der Waals surface area contributed by atoms with Gasteiger partial charge in [-0.15, -0.1) is 0 Å². The summed E-state index contributed by atoms with van der Waals surface area (Å²) in [5.41, 5.74) is 0. The predicted octanol–water partition coefficient (Wildman–Crippen LogP) is 1.64. The summed E-state index contributed by atoms with van der Waals surface area (Å²) in [5, 5.41) is 7.40. The van der Waals surface area contributed by atoms with E-state index in [1.54, 1.807) is 0 Å². The number of likely N-dealkylation sites (N-methyl/N-ethyl adjacent to an activating group) is 2. The van der Waals surface area contributed by atoms with E-state index in [2.05, 4.69) is 41.1 Å².